The summed E-state index contributed by atoms with van der Waals surface area (Å²) in [5, 5.41) is 7.12. The van der Waals surface area contributed by atoms with Crippen molar-refractivity contribution in [2.45, 2.75) is 63.8 Å². The zero-order chi connectivity index (χ0) is 23.0. The Morgan fingerprint density at radius 1 is 1.31 bits per heavy atom. The van der Waals surface area contributed by atoms with E-state index in [0.717, 1.165) is 11.3 Å². The molecule has 0 saturated carbocycles. The molecule has 4 rings (SSSR count). The summed E-state index contributed by atoms with van der Waals surface area (Å²) in [5.74, 6) is -0.960. The van der Waals surface area contributed by atoms with Crippen molar-refractivity contribution >= 4 is 5.91 Å². The minimum atomic E-state index is -0.868. The normalized spacial score (nSPS) is 26.6. The Bertz CT molecular complexity index is 1100. The van der Waals surface area contributed by atoms with Crippen molar-refractivity contribution in [1.29, 1.82) is 0 Å². The van der Waals surface area contributed by atoms with E-state index >= 15 is 0 Å². The van der Waals surface area contributed by atoms with Gasteiger partial charge >= 0.3 is 5.69 Å². The maximum absolute atomic E-state index is 12.4. The van der Waals surface area contributed by atoms with E-state index in [2.05, 4.69) is 15.4 Å². The maximum atomic E-state index is 12.4. The summed E-state index contributed by atoms with van der Waals surface area (Å²) >= 11 is 0. The summed E-state index contributed by atoms with van der Waals surface area (Å²) in [5.41, 5.74) is 1.08. The highest BCUT2D eigenvalue weighted by atomic mass is 16.8. The van der Waals surface area contributed by atoms with Gasteiger partial charge in [0.25, 0.3) is 5.56 Å². The number of aryl methyl sites for hydroxylation is 2. The molecule has 2 aromatic heterocycles. The van der Waals surface area contributed by atoms with E-state index in [-0.39, 0.29) is 19.1 Å². The Balaban J connectivity index is 1.40. The molecule has 2 N–H and O–H groups in total. The monoisotopic (exact) mass is 447 g/mol. The average molecular weight is 447 g/mol. The van der Waals surface area contributed by atoms with Gasteiger partial charge in [-0.2, -0.15) is 5.10 Å². The summed E-state index contributed by atoms with van der Waals surface area (Å²) in [6.45, 7) is 6.01. The molecule has 2 aliphatic heterocycles. The van der Waals surface area contributed by atoms with Crippen LogP contribution in [0.4, 0.5) is 0 Å². The first kappa shape index (κ1) is 22.4. The Hall–Kier alpha value is -2.76. The fraction of sp³-hybridized carbons (Fsp3) is 0.619. The van der Waals surface area contributed by atoms with E-state index in [1.54, 1.807) is 24.7 Å². The number of hydrogen-bond acceptors (Lipinski definition) is 7. The molecule has 0 aromatic carbocycles. The van der Waals surface area contributed by atoms with Gasteiger partial charge in [-0.05, 0) is 32.8 Å². The van der Waals surface area contributed by atoms with E-state index < -0.39 is 41.4 Å². The van der Waals surface area contributed by atoms with Gasteiger partial charge in [0.15, 0.2) is 5.79 Å². The molecular weight excluding hydrogens is 418 g/mol. The molecule has 0 aliphatic carbocycles. The summed E-state index contributed by atoms with van der Waals surface area (Å²) in [4.78, 5) is 38.4. The lowest BCUT2D eigenvalue weighted by Gasteiger charge is -2.37. The summed E-state index contributed by atoms with van der Waals surface area (Å²) in [6.07, 6.45) is 2.77. The number of aromatic amines is 1. The van der Waals surface area contributed by atoms with Gasteiger partial charge in [-0.25, -0.2) is 4.79 Å². The van der Waals surface area contributed by atoms with Gasteiger partial charge in [-0.3, -0.25) is 23.8 Å². The topological polar surface area (TPSA) is 129 Å². The Morgan fingerprint density at radius 2 is 2.06 bits per heavy atom. The molecule has 4 heterocycles. The van der Waals surface area contributed by atoms with Crippen LogP contribution < -0.4 is 16.6 Å². The molecule has 1 amide bonds. The van der Waals surface area contributed by atoms with Gasteiger partial charge in [0.05, 0.1) is 18.8 Å². The van der Waals surface area contributed by atoms with E-state index in [9.17, 15) is 14.4 Å². The zero-order valence-corrected chi connectivity index (χ0v) is 18.7. The van der Waals surface area contributed by atoms with Crippen molar-refractivity contribution in [3.63, 3.8) is 0 Å². The number of carbonyl (C=O) groups is 1. The Kier molecular flexibility index (Phi) is 6.06. The van der Waals surface area contributed by atoms with Crippen molar-refractivity contribution < 1.29 is 19.0 Å². The van der Waals surface area contributed by atoms with E-state index in [0.29, 0.717) is 12.8 Å². The lowest BCUT2D eigenvalue weighted by atomic mass is 9.97. The highest BCUT2D eigenvalue weighted by Gasteiger charge is 2.52. The van der Waals surface area contributed by atoms with Gasteiger partial charge in [0.2, 0.25) is 5.91 Å². The van der Waals surface area contributed by atoms with Crippen LogP contribution >= 0.6 is 0 Å². The van der Waals surface area contributed by atoms with Crippen molar-refractivity contribution in [1.82, 2.24) is 24.6 Å². The molecule has 2 fully saturated rings. The highest BCUT2D eigenvalue weighted by molar-refractivity contribution is 5.76. The number of aromatic nitrogens is 4. The van der Waals surface area contributed by atoms with Crippen LogP contribution in [-0.2, 0) is 32.5 Å². The van der Waals surface area contributed by atoms with Crippen LogP contribution in [0.2, 0.25) is 0 Å². The lowest BCUT2D eigenvalue weighted by Crippen LogP contribution is -2.54. The molecule has 0 bridgehead atoms. The van der Waals surface area contributed by atoms with Gasteiger partial charge in [-0.1, -0.05) is 0 Å². The number of nitrogens with zero attached hydrogens (tertiary/aromatic N) is 3. The maximum Gasteiger partial charge on any atom is 0.328 e. The standard InChI is InChI=1S/C21H29N5O6/c1-12-13(9-23-25(12)4)5-6-16(27)22-10-15-19-18(31-21(2,3)32-19)14(11-30-15)26-8-7-17(28)24-20(26)29/h7-9,14-15,18-19H,5-6,10-11H2,1-4H3,(H,22,27)(H,24,28,29)/t14-,15-,18+,19-/m1/s1. The van der Waals surface area contributed by atoms with Crippen LogP contribution in [0, 0.1) is 6.92 Å². The van der Waals surface area contributed by atoms with E-state index in [1.807, 2.05) is 14.0 Å². The van der Waals surface area contributed by atoms with Gasteiger partial charge in [0, 0.05) is 38.0 Å². The number of H-pyrrole nitrogens is 1. The van der Waals surface area contributed by atoms with Crippen LogP contribution in [0.1, 0.15) is 37.6 Å². The molecule has 11 heteroatoms. The molecule has 0 spiro atoms. The molecule has 11 nitrogen and oxygen atoms in total. The van der Waals surface area contributed by atoms with E-state index in [4.69, 9.17) is 14.2 Å². The van der Waals surface area contributed by atoms with Gasteiger partial charge in [-0.15, -0.1) is 0 Å². The minimum absolute atomic E-state index is 0.0921. The highest BCUT2D eigenvalue weighted by Crippen LogP contribution is 2.39. The second-order valence-electron chi connectivity index (χ2n) is 8.70. The quantitative estimate of drug-likeness (QED) is 0.627. The molecule has 2 saturated heterocycles. The summed E-state index contributed by atoms with van der Waals surface area (Å²) in [7, 11) is 1.87. The first-order chi connectivity index (χ1) is 15.1. The molecular formula is C21H29N5O6. The Morgan fingerprint density at radius 3 is 2.75 bits per heavy atom. The number of hydrogen-bond donors (Lipinski definition) is 2. The van der Waals surface area contributed by atoms with Crippen LogP contribution in [0.25, 0.3) is 0 Å². The molecule has 0 unspecified atom stereocenters. The minimum Gasteiger partial charge on any atom is -0.371 e. The fourth-order valence-corrected chi connectivity index (χ4v) is 4.26. The molecule has 32 heavy (non-hydrogen) atoms. The Labute approximate surface area is 184 Å². The van der Waals surface area contributed by atoms with Crippen LogP contribution in [0.15, 0.2) is 28.0 Å². The third kappa shape index (κ3) is 4.54. The van der Waals surface area contributed by atoms with Crippen LogP contribution in [-0.4, -0.2) is 62.5 Å². The molecule has 2 aromatic rings. The zero-order valence-electron chi connectivity index (χ0n) is 18.7. The number of nitrogens with one attached hydrogen (secondary N) is 2. The predicted molar refractivity (Wildman–Crippen MR) is 113 cm³/mol. The van der Waals surface area contributed by atoms with Crippen molar-refractivity contribution in [3.05, 3.63) is 50.6 Å². The first-order valence-electron chi connectivity index (χ1n) is 10.7. The third-order valence-electron chi connectivity index (χ3n) is 6.06. The molecule has 174 valence electrons. The van der Waals surface area contributed by atoms with Crippen LogP contribution in [0.3, 0.4) is 0 Å². The van der Waals surface area contributed by atoms with E-state index in [1.165, 1.54) is 16.8 Å². The predicted octanol–water partition coefficient (Wildman–Crippen LogP) is -0.212. The molecule has 0 radical (unpaired) electrons. The molecule has 4 atom stereocenters. The number of amides is 1. The largest absolute Gasteiger partial charge is 0.371 e. The molecule has 2 aliphatic rings. The SMILES string of the molecule is Cc1c(CCC(=O)NC[C@H]2OC[C@@H](n3ccc(=O)[nH]c3=O)[C@@H]3OC(C)(C)O[C@@H]32)cnn1C. The summed E-state index contributed by atoms with van der Waals surface area (Å²) < 4.78 is 21.3. The lowest BCUT2D eigenvalue weighted by molar-refractivity contribution is -0.153. The number of fused-ring (bicyclic) bond motifs is 1. The average Bonchev–Trinajstić information content (AvgIpc) is 3.23. The van der Waals surface area contributed by atoms with Crippen molar-refractivity contribution in [2.75, 3.05) is 13.2 Å². The first-order valence-corrected chi connectivity index (χ1v) is 10.7. The van der Waals surface area contributed by atoms with Gasteiger partial charge < -0.3 is 19.5 Å². The second kappa shape index (κ2) is 8.64. The third-order valence-corrected chi connectivity index (χ3v) is 6.06. The van der Waals surface area contributed by atoms with Gasteiger partial charge in [0.1, 0.15) is 18.3 Å². The fourth-order valence-electron chi connectivity index (χ4n) is 4.26. The smallest absolute Gasteiger partial charge is 0.328 e. The second-order valence-corrected chi connectivity index (χ2v) is 8.70. The van der Waals surface area contributed by atoms with Crippen LogP contribution in [0.5, 0.6) is 0 Å². The number of rotatable bonds is 6. The van der Waals surface area contributed by atoms with Crippen molar-refractivity contribution in [2.24, 2.45) is 7.05 Å². The summed E-state index contributed by atoms with van der Waals surface area (Å²) in [6, 6.07) is 0.819. The number of ether oxygens (including phenoxy) is 3. The van der Waals surface area contributed by atoms with Crippen molar-refractivity contribution in [3.8, 4) is 0 Å². The number of carbonyl (C=O) groups excluding carboxylic acids is 1.